The first-order valence-electron chi connectivity index (χ1n) is 6.10. The van der Waals surface area contributed by atoms with E-state index in [0.717, 1.165) is 25.8 Å². The highest BCUT2D eigenvalue weighted by atomic mass is 32.2. The maximum atomic E-state index is 11.9. The van der Waals surface area contributed by atoms with E-state index in [1.165, 1.54) is 0 Å². The van der Waals surface area contributed by atoms with Gasteiger partial charge in [-0.25, -0.2) is 13.1 Å². The Balaban J connectivity index is 1.85. The summed E-state index contributed by atoms with van der Waals surface area (Å²) in [7, 11) is -1.48. The molecule has 2 N–H and O–H groups in total. The van der Waals surface area contributed by atoms with E-state index in [9.17, 15) is 8.42 Å². The van der Waals surface area contributed by atoms with Gasteiger partial charge in [-0.1, -0.05) is 6.42 Å². The summed E-state index contributed by atoms with van der Waals surface area (Å²) in [6, 6.07) is 0.0655. The second kappa shape index (κ2) is 5.77. The van der Waals surface area contributed by atoms with Gasteiger partial charge in [0.1, 0.15) is 12.2 Å². The van der Waals surface area contributed by atoms with E-state index in [4.69, 9.17) is 0 Å². The van der Waals surface area contributed by atoms with Gasteiger partial charge in [-0.05, 0) is 19.4 Å². The molecular weight excluding hydrogens is 254 g/mol. The van der Waals surface area contributed by atoms with Crippen LogP contribution in [0.15, 0.2) is 6.33 Å². The van der Waals surface area contributed by atoms with Crippen molar-refractivity contribution in [3.8, 4) is 0 Å². The number of rotatable bonds is 5. The van der Waals surface area contributed by atoms with Gasteiger partial charge in [0.2, 0.25) is 10.0 Å². The van der Waals surface area contributed by atoms with Crippen LogP contribution >= 0.6 is 0 Å². The minimum atomic E-state index is -3.27. The summed E-state index contributed by atoms with van der Waals surface area (Å²) >= 11 is 0. The highest BCUT2D eigenvalue weighted by molar-refractivity contribution is 7.89. The van der Waals surface area contributed by atoms with Crippen LogP contribution in [0.25, 0.3) is 0 Å². The van der Waals surface area contributed by atoms with Crippen LogP contribution in [0.4, 0.5) is 0 Å². The van der Waals surface area contributed by atoms with Crippen molar-refractivity contribution < 1.29 is 8.42 Å². The number of nitrogens with one attached hydrogen (secondary N) is 2. The molecule has 1 atom stereocenters. The fraction of sp³-hybridized carbons (Fsp3) is 0.800. The van der Waals surface area contributed by atoms with Gasteiger partial charge in [-0.15, -0.1) is 10.2 Å². The predicted molar refractivity (Wildman–Crippen MR) is 67.3 cm³/mol. The van der Waals surface area contributed by atoms with Crippen molar-refractivity contribution >= 4 is 10.0 Å². The molecule has 1 saturated heterocycles. The predicted octanol–water partition coefficient (Wildman–Crippen LogP) is -0.623. The normalized spacial score (nSPS) is 21.1. The van der Waals surface area contributed by atoms with Crippen LogP contribution < -0.4 is 10.0 Å². The Labute approximate surface area is 107 Å². The molecule has 1 fully saturated rings. The molecule has 2 rings (SSSR count). The van der Waals surface area contributed by atoms with Gasteiger partial charge in [-0.2, -0.15) is 0 Å². The number of hydrogen-bond acceptors (Lipinski definition) is 5. The highest BCUT2D eigenvalue weighted by Gasteiger charge is 2.20. The first-order valence-corrected chi connectivity index (χ1v) is 7.76. The molecule has 0 aliphatic carbocycles. The Morgan fingerprint density at radius 1 is 1.56 bits per heavy atom. The summed E-state index contributed by atoms with van der Waals surface area (Å²) in [6.07, 6.45) is 4.69. The fourth-order valence-electron chi connectivity index (χ4n) is 2.03. The van der Waals surface area contributed by atoms with Crippen molar-refractivity contribution in [2.75, 3.05) is 12.3 Å². The average molecular weight is 273 g/mol. The molecule has 1 aliphatic rings. The van der Waals surface area contributed by atoms with Crippen molar-refractivity contribution in [2.24, 2.45) is 7.05 Å². The molecule has 1 aromatic rings. The summed E-state index contributed by atoms with van der Waals surface area (Å²) in [6.45, 7) is 1.09. The molecule has 1 aromatic heterocycles. The maximum absolute atomic E-state index is 11.9. The minimum Gasteiger partial charge on any atom is -0.320 e. The first-order chi connectivity index (χ1) is 8.57. The van der Waals surface area contributed by atoms with Crippen LogP contribution in [0.3, 0.4) is 0 Å². The van der Waals surface area contributed by atoms with Gasteiger partial charge < -0.3 is 9.88 Å². The van der Waals surface area contributed by atoms with E-state index in [-0.39, 0.29) is 18.3 Å². The van der Waals surface area contributed by atoms with Crippen molar-refractivity contribution in [1.29, 1.82) is 0 Å². The Bertz CT molecular complexity index is 478. The Morgan fingerprint density at radius 3 is 3.00 bits per heavy atom. The van der Waals surface area contributed by atoms with E-state index >= 15 is 0 Å². The number of nitrogens with zero attached hydrogens (tertiary/aromatic N) is 3. The zero-order chi connectivity index (χ0) is 13.0. The summed E-state index contributed by atoms with van der Waals surface area (Å²) in [5, 5.41) is 10.8. The molecule has 102 valence electrons. The third-order valence-electron chi connectivity index (χ3n) is 3.09. The molecule has 0 spiro atoms. The second-order valence-electron chi connectivity index (χ2n) is 4.61. The third-order valence-corrected chi connectivity index (χ3v) is 4.51. The van der Waals surface area contributed by atoms with E-state index in [2.05, 4.69) is 20.2 Å². The third kappa shape index (κ3) is 3.76. The van der Waals surface area contributed by atoms with Crippen molar-refractivity contribution in [3.63, 3.8) is 0 Å². The van der Waals surface area contributed by atoms with E-state index in [1.807, 2.05) is 0 Å². The zero-order valence-corrected chi connectivity index (χ0v) is 11.3. The lowest BCUT2D eigenvalue weighted by atomic mass is 10.1. The summed E-state index contributed by atoms with van der Waals surface area (Å²) < 4.78 is 28.0. The summed E-state index contributed by atoms with van der Waals surface area (Å²) in [4.78, 5) is 0. The molecule has 7 nitrogen and oxygen atoms in total. The van der Waals surface area contributed by atoms with E-state index in [0.29, 0.717) is 5.82 Å². The zero-order valence-electron chi connectivity index (χ0n) is 10.5. The standard InChI is InChI=1S/C10H19N5O2S/c1-15-8-12-14-10(15)6-13-18(16,17)7-9-4-2-3-5-11-9/h8-9,11,13H,2-7H2,1H3. The second-order valence-corrected chi connectivity index (χ2v) is 6.46. The van der Waals surface area contributed by atoms with Crippen LogP contribution in [0, 0.1) is 0 Å². The number of aromatic nitrogens is 3. The highest BCUT2D eigenvalue weighted by Crippen LogP contribution is 2.08. The Kier molecular flexibility index (Phi) is 4.31. The molecule has 0 amide bonds. The molecule has 18 heavy (non-hydrogen) atoms. The smallest absolute Gasteiger partial charge is 0.213 e. The van der Waals surface area contributed by atoms with Crippen LogP contribution in [0.2, 0.25) is 0 Å². The molecule has 0 radical (unpaired) electrons. The first kappa shape index (κ1) is 13.4. The summed E-state index contributed by atoms with van der Waals surface area (Å²) in [5.74, 6) is 0.736. The SMILES string of the molecule is Cn1cnnc1CNS(=O)(=O)CC1CCCCN1. The molecule has 1 unspecified atom stereocenters. The molecule has 0 aromatic carbocycles. The largest absolute Gasteiger partial charge is 0.320 e. The van der Waals surface area contributed by atoms with Crippen molar-refractivity contribution in [3.05, 3.63) is 12.2 Å². The molecule has 2 heterocycles. The summed E-state index contributed by atoms with van der Waals surface area (Å²) in [5.41, 5.74) is 0. The van der Waals surface area contributed by atoms with E-state index < -0.39 is 10.0 Å². The topological polar surface area (TPSA) is 88.9 Å². The van der Waals surface area contributed by atoms with Gasteiger partial charge in [0, 0.05) is 13.1 Å². The van der Waals surface area contributed by atoms with Gasteiger partial charge in [0.05, 0.1) is 12.3 Å². The molecule has 1 aliphatic heterocycles. The van der Waals surface area contributed by atoms with Gasteiger partial charge in [0.15, 0.2) is 0 Å². The lowest BCUT2D eigenvalue weighted by Crippen LogP contribution is -2.42. The molecular formula is C10H19N5O2S. The Hall–Kier alpha value is -0.990. The van der Waals surface area contributed by atoms with Gasteiger partial charge in [-0.3, -0.25) is 0 Å². The average Bonchev–Trinajstić information content (AvgIpc) is 2.73. The minimum absolute atomic E-state index is 0.0655. The van der Waals surface area contributed by atoms with Crippen molar-refractivity contribution in [2.45, 2.75) is 31.8 Å². The van der Waals surface area contributed by atoms with Gasteiger partial charge in [0.25, 0.3) is 0 Å². The molecule has 0 saturated carbocycles. The number of hydrogen-bond donors (Lipinski definition) is 2. The number of piperidine rings is 1. The van der Waals surface area contributed by atoms with Crippen LogP contribution in [0.1, 0.15) is 25.1 Å². The monoisotopic (exact) mass is 273 g/mol. The number of aryl methyl sites for hydroxylation is 1. The fourth-order valence-corrected chi connectivity index (χ4v) is 3.31. The quantitative estimate of drug-likeness (QED) is 0.746. The maximum Gasteiger partial charge on any atom is 0.213 e. The lowest BCUT2D eigenvalue weighted by Gasteiger charge is -2.23. The molecule has 8 heteroatoms. The molecule has 0 bridgehead atoms. The lowest BCUT2D eigenvalue weighted by molar-refractivity contribution is 0.422. The van der Waals surface area contributed by atoms with E-state index in [1.54, 1.807) is 17.9 Å². The van der Waals surface area contributed by atoms with Crippen LogP contribution in [-0.4, -0.2) is 41.5 Å². The number of sulfonamides is 1. The Morgan fingerprint density at radius 2 is 2.39 bits per heavy atom. The van der Waals surface area contributed by atoms with Crippen molar-refractivity contribution in [1.82, 2.24) is 24.8 Å². The van der Waals surface area contributed by atoms with Gasteiger partial charge >= 0.3 is 0 Å². The van der Waals surface area contributed by atoms with Crippen LogP contribution in [0.5, 0.6) is 0 Å². The van der Waals surface area contributed by atoms with Crippen LogP contribution in [-0.2, 0) is 23.6 Å².